The maximum Gasteiger partial charge on any atom is 0.0678 e. The molecule has 0 aromatic carbocycles. The summed E-state index contributed by atoms with van der Waals surface area (Å²) < 4.78 is 5.81. The molecule has 1 saturated carbocycles. The van der Waals surface area contributed by atoms with Crippen LogP contribution < -0.4 is 5.32 Å². The number of nitrogens with zero attached hydrogens (tertiary/aromatic N) is 1. The molecule has 2 unspecified atom stereocenters. The van der Waals surface area contributed by atoms with Gasteiger partial charge in [0.25, 0.3) is 0 Å². The monoisotopic (exact) mass is 226 g/mol. The van der Waals surface area contributed by atoms with E-state index in [1.54, 1.807) is 0 Å². The standard InChI is InChI=1S/C13H26N2O/c1-4-14-12-6-5-7-13(12)15-8-10(2)16-11(3)9-15/h10-14H,4-9H2,1-3H3/t10-,11+,12?,13?. The van der Waals surface area contributed by atoms with Gasteiger partial charge in [0, 0.05) is 25.2 Å². The Morgan fingerprint density at radius 1 is 1.19 bits per heavy atom. The van der Waals surface area contributed by atoms with Crippen molar-refractivity contribution in [3.8, 4) is 0 Å². The van der Waals surface area contributed by atoms with Crippen LogP contribution in [0, 0.1) is 0 Å². The van der Waals surface area contributed by atoms with Crippen molar-refractivity contribution in [2.24, 2.45) is 0 Å². The molecule has 16 heavy (non-hydrogen) atoms. The highest BCUT2D eigenvalue weighted by molar-refractivity contribution is 4.92. The van der Waals surface area contributed by atoms with Gasteiger partial charge in [0.05, 0.1) is 12.2 Å². The van der Waals surface area contributed by atoms with E-state index in [-0.39, 0.29) is 0 Å². The lowest BCUT2D eigenvalue weighted by Gasteiger charge is -2.41. The average Bonchev–Trinajstić information content (AvgIpc) is 2.65. The Labute approximate surface area is 99.5 Å². The first-order chi connectivity index (χ1) is 7.70. The predicted molar refractivity (Wildman–Crippen MR) is 66.7 cm³/mol. The molecular weight excluding hydrogens is 200 g/mol. The van der Waals surface area contributed by atoms with Crippen molar-refractivity contribution in [1.82, 2.24) is 10.2 Å². The molecule has 0 spiro atoms. The average molecular weight is 226 g/mol. The summed E-state index contributed by atoms with van der Waals surface area (Å²) in [6.45, 7) is 9.91. The summed E-state index contributed by atoms with van der Waals surface area (Å²) in [5.74, 6) is 0. The summed E-state index contributed by atoms with van der Waals surface area (Å²) in [5, 5.41) is 3.64. The van der Waals surface area contributed by atoms with Crippen LogP contribution in [0.5, 0.6) is 0 Å². The fourth-order valence-electron chi connectivity index (χ4n) is 3.37. The second-order valence-corrected chi connectivity index (χ2v) is 5.37. The summed E-state index contributed by atoms with van der Waals surface area (Å²) in [5.41, 5.74) is 0. The Bertz CT molecular complexity index is 212. The van der Waals surface area contributed by atoms with Crippen molar-refractivity contribution in [3.63, 3.8) is 0 Å². The molecule has 1 heterocycles. The molecule has 2 aliphatic rings. The zero-order valence-electron chi connectivity index (χ0n) is 10.9. The minimum absolute atomic E-state index is 0.395. The molecule has 1 aliphatic heterocycles. The maximum absolute atomic E-state index is 5.81. The number of ether oxygens (including phenoxy) is 1. The third-order valence-corrected chi connectivity index (χ3v) is 3.86. The molecule has 0 aromatic heterocycles. The summed E-state index contributed by atoms with van der Waals surface area (Å²) in [6, 6.07) is 1.45. The molecule has 2 fully saturated rings. The van der Waals surface area contributed by atoms with Crippen LogP contribution in [0.25, 0.3) is 0 Å². The third-order valence-electron chi connectivity index (χ3n) is 3.86. The van der Waals surface area contributed by atoms with E-state index in [0.29, 0.717) is 18.2 Å². The molecule has 1 aliphatic carbocycles. The van der Waals surface area contributed by atoms with Gasteiger partial charge in [0.2, 0.25) is 0 Å². The molecule has 0 aromatic rings. The van der Waals surface area contributed by atoms with E-state index in [9.17, 15) is 0 Å². The van der Waals surface area contributed by atoms with Crippen LogP contribution in [0.2, 0.25) is 0 Å². The maximum atomic E-state index is 5.81. The van der Waals surface area contributed by atoms with Gasteiger partial charge in [-0.15, -0.1) is 0 Å². The fourth-order valence-corrected chi connectivity index (χ4v) is 3.37. The molecule has 94 valence electrons. The largest absolute Gasteiger partial charge is 0.373 e. The van der Waals surface area contributed by atoms with E-state index in [1.165, 1.54) is 19.3 Å². The molecule has 1 N–H and O–H groups in total. The minimum atomic E-state index is 0.395. The van der Waals surface area contributed by atoms with Crippen molar-refractivity contribution >= 4 is 0 Å². The number of hydrogen-bond acceptors (Lipinski definition) is 3. The van der Waals surface area contributed by atoms with Gasteiger partial charge in [-0.1, -0.05) is 13.3 Å². The summed E-state index contributed by atoms with van der Waals surface area (Å²) in [4.78, 5) is 2.65. The van der Waals surface area contributed by atoms with E-state index in [0.717, 1.165) is 25.7 Å². The van der Waals surface area contributed by atoms with Gasteiger partial charge >= 0.3 is 0 Å². The number of hydrogen-bond donors (Lipinski definition) is 1. The molecular formula is C13H26N2O. The summed E-state index contributed by atoms with van der Waals surface area (Å²) in [7, 11) is 0. The van der Waals surface area contributed by atoms with Crippen molar-refractivity contribution in [2.75, 3.05) is 19.6 Å². The van der Waals surface area contributed by atoms with Crippen LogP contribution in [0.4, 0.5) is 0 Å². The van der Waals surface area contributed by atoms with E-state index >= 15 is 0 Å². The quantitative estimate of drug-likeness (QED) is 0.791. The highest BCUT2D eigenvalue weighted by Crippen LogP contribution is 2.26. The van der Waals surface area contributed by atoms with Crippen molar-refractivity contribution < 1.29 is 4.74 Å². The van der Waals surface area contributed by atoms with Crippen molar-refractivity contribution in [2.45, 2.75) is 64.3 Å². The van der Waals surface area contributed by atoms with Gasteiger partial charge in [-0.05, 0) is 33.2 Å². The molecule has 0 amide bonds. The van der Waals surface area contributed by atoms with Crippen LogP contribution in [0.3, 0.4) is 0 Å². The molecule has 0 bridgehead atoms. The van der Waals surface area contributed by atoms with Gasteiger partial charge in [-0.25, -0.2) is 0 Å². The van der Waals surface area contributed by atoms with Gasteiger partial charge < -0.3 is 10.1 Å². The third kappa shape index (κ3) is 2.76. The number of likely N-dealkylation sites (N-methyl/N-ethyl adjacent to an activating group) is 1. The molecule has 2 rings (SSSR count). The topological polar surface area (TPSA) is 24.5 Å². The zero-order valence-corrected chi connectivity index (χ0v) is 10.9. The molecule has 4 atom stereocenters. The lowest BCUT2D eigenvalue weighted by Crippen LogP contribution is -2.54. The molecule has 1 saturated heterocycles. The first kappa shape index (κ1) is 12.3. The lowest BCUT2D eigenvalue weighted by molar-refractivity contribution is -0.0820. The van der Waals surface area contributed by atoms with Crippen LogP contribution in [0.15, 0.2) is 0 Å². The predicted octanol–water partition coefficient (Wildman–Crippen LogP) is 1.63. The van der Waals surface area contributed by atoms with Crippen LogP contribution in [-0.2, 0) is 4.74 Å². The van der Waals surface area contributed by atoms with Crippen molar-refractivity contribution in [1.29, 1.82) is 0 Å². The highest BCUT2D eigenvalue weighted by atomic mass is 16.5. The first-order valence-corrected chi connectivity index (χ1v) is 6.83. The normalized spacial score (nSPS) is 41.4. The van der Waals surface area contributed by atoms with E-state index in [1.807, 2.05) is 0 Å². The van der Waals surface area contributed by atoms with Gasteiger partial charge in [0.1, 0.15) is 0 Å². The Balaban J connectivity index is 1.94. The Kier molecular flexibility index (Phi) is 4.22. The Morgan fingerprint density at radius 3 is 2.50 bits per heavy atom. The minimum Gasteiger partial charge on any atom is -0.373 e. The number of nitrogens with one attached hydrogen (secondary N) is 1. The van der Waals surface area contributed by atoms with Crippen LogP contribution >= 0.6 is 0 Å². The number of rotatable bonds is 3. The lowest BCUT2D eigenvalue weighted by atomic mass is 10.1. The van der Waals surface area contributed by atoms with Gasteiger partial charge in [0.15, 0.2) is 0 Å². The molecule has 0 radical (unpaired) electrons. The molecule has 3 heteroatoms. The second-order valence-electron chi connectivity index (χ2n) is 5.37. The van der Waals surface area contributed by atoms with E-state index in [4.69, 9.17) is 4.74 Å². The smallest absolute Gasteiger partial charge is 0.0678 e. The van der Waals surface area contributed by atoms with E-state index < -0.39 is 0 Å². The van der Waals surface area contributed by atoms with Crippen LogP contribution in [-0.4, -0.2) is 48.8 Å². The summed E-state index contributed by atoms with van der Waals surface area (Å²) in [6.07, 6.45) is 4.87. The van der Waals surface area contributed by atoms with Gasteiger partial charge in [-0.2, -0.15) is 0 Å². The highest BCUT2D eigenvalue weighted by Gasteiger charge is 2.35. The zero-order chi connectivity index (χ0) is 11.5. The SMILES string of the molecule is CCNC1CCCC1N1C[C@@H](C)O[C@@H](C)C1. The molecule has 3 nitrogen and oxygen atoms in total. The first-order valence-electron chi connectivity index (χ1n) is 6.83. The van der Waals surface area contributed by atoms with Crippen molar-refractivity contribution in [3.05, 3.63) is 0 Å². The Morgan fingerprint density at radius 2 is 1.88 bits per heavy atom. The second kappa shape index (κ2) is 5.48. The van der Waals surface area contributed by atoms with E-state index in [2.05, 4.69) is 31.0 Å². The number of morpholine rings is 1. The van der Waals surface area contributed by atoms with Crippen LogP contribution in [0.1, 0.15) is 40.0 Å². The Hall–Kier alpha value is -0.120. The van der Waals surface area contributed by atoms with Gasteiger partial charge in [-0.3, -0.25) is 4.90 Å². The summed E-state index contributed by atoms with van der Waals surface area (Å²) >= 11 is 0. The fraction of sp³-hybridized carbons (Fsp3) is 1.00.